The van der Waals surface area contributed by atoms with E-state index in [1.807, 2.05) is 0 Å². The van der Waals surface area contributed by atoms with Crippen molar-refractivity contribution < 1.29 is 9.47 Å². The molecule has 1 atom stereocenters. The highest BCUT2D eigenvalue weighted by molar-refractivity contribution is 5.52. The van der Waals surface area contributed by atoms with Gasteiger partial charge in [-0.2, -0.15) is 0 Å². The minimum atomic E-state index is -0.103. The summed E-state index contributed by atoms with van der Waals surface area (Å²) >= 11 is 0. The molecule has 1 unspecified atom stereocenters. The van der Waals surface area contributed by atoms with E-state index < -0.39 is 0 Å². The molecule has 0 saturated heterocycles. The molecule has 0 amide bonds. The maximum absolute atomic E-state index is 6.51. The highest BCUT2D eigenvalue weighted by atomic mass is 16.5. The van der Waals surface area contributed by atoms with Crippen molar-refractivity contribution in [1.82, 2.24) is 0 Å². The standard InChI is InChI=1S/C32H56O2/c1-8-10-12-13-14-15-16-17-18-20-22-33-30-23-27-26(3)25-32(6,7)34-29(27)24-28(30)31(4,5)21-19-11-9-2/h23-24,26H,8-22,25H2,1-7H3. The molecule has 1 aliphatic heterocycles. The lowest BCUT2D eigenvalue weighted by molar-refractivity contribution is 0.0740. The maximum atomic E-state index is 6.51. The predicted molar refractivity (Wildman–Crippen MR) is 149 cm³/mol. The van der Waals surface area contributed by atoms with Crippen LogP contribution in [-0.2, 0) is 5.41 Å². The van der Waals surface area contributed by atoms with Crippen molar-refractivity contribution in [3.8, 4) is 11.5 Å². The summed E-state index contributed by atoms with van der Waals surface area (Å²) in [5.74, 6) is 2.68. The number of benzene rings is 1. The summed E-state index contributed by atoms with van der Waals surface area (Å²) in [6, 6.07) is 4.65. The zero-order chi connectivity index (χ0) is 25.0. The number of hydrogen-bond acceptors (Lipinski definition) is 2. The second-order valence-electron chi connectivity index (χ2n) is 12.2. The van der Waals surface area contributed by atoms with E-state index in [1.54, 1.807) is 0 Å². The Morgan fingerprint density at radius 3 is 2.03 bits per heavy atom. The van der Waals surface area contributed by atoms with Crippen LogP contribution in [0.2, 0.25) is 0 Å². The predicted octanol–water partition coefficient (Wildman–Crippen LogP) is 10.5. The third-order valence-electron chi connectivity index (χ3n) is 7.72. The van der Waals surface area contributed by atoms with Crippen LogP contribution in [0.5, 0.6) is 11.5 Å². The van der Waals surface area contributed by atoms with Crippen LogP contribution in [0, 0.1) is 0 Å². The Labute approximate surface area is 212 Å². The van der Waals surface area contributed by atoms with Gasteiger partial charge in [-0.05, 0) is 56.6 Å². The molecule has 0 N–H and O–H groups in total. The zero-order valence-electron chi connectivity index (χ0n) is 23.9. The fraction of sp³-hybridized carbons (Fsp3) is 0.812. The van der Waals surface area contributed by atoms with Gasteiger partial charge in [-0.25, -0.2) is 0 Å². The van der Waals surface area contributed by atoms with Crippen molar-refractivity contribution in [3.05, 3.63) is 23.3 Å². The van der Waals surface area contributed by atoms with Gasteiger partial charge < -0.3 is 9.47 Å². The topological polar surface area (TPSA) is 18.5 Å². The number of rotatable bonds is 17. The summed E-state index contributed by atoms with van der Waals surface area (Å²) in [5, 5.41) is 0. The summed E-state index contributed by atoms with van der Waals surface area (Å²) in [6.07, 6.45) is 19.6. The minimum absolute atomic E-state index is 0.0888. The molecule has 1 aromatic carbocycles. The lowest BCUT2D eigenvalue weighted by Crippen LogP contribution is -2.34. The van der Waals surface area contributed by atoms with Gasteiger partial charge in [0.05, 0.1) is 6.61 Å². The average molecular weight is 473 g/mol. The van der Waals surface area contributed by atoms with E-state index in [1.165, 1.54) is 94.6 Å². The molecule has 34 heavy (non-hydrogen) atoms. The molecule has 2 rings (SSSR count). The maximum Gasteiger partial charge on any atom is 0.124 e. The van der Waals surface area contributed by atoms with Gasteiger partial charge in [0.2, 0.25) is 0 Å². The highest BCUT2D eigenvalue weighted by Crippen LogP contribution is 2.47. The second-order valence-corrected chi connectivity index (χ2v) is 12.2. The van der Waals surface area contributed by atoms with Gasteiger partial charge in [-0.3, -0.25) is 0 Å². The zero-order valence-corrected chi connectivity index (χ0v) is 23.9. The number of hydrogen-bond donors (Lipinski definition) is 0. The van der Waals surface area contributed by atoms with Crippen molar-refractivity contribution in [2.24, 2.45) is 0 Å². The molecule has 2 heteroatoms. The SMILES string of the molecule is CCCCCCCCCCCCOc1cc2c(cc1C(C)(C)CCCCC)OC(C)(C)CC2C. The summed E-state index contributed by atoms with van der Waals surface area (Å²) in [5.41, 5.74) is 2.64. The van der Waals surface area contributed by atoms with Crippen LogP contribution in [0.4, 0.5) is 0 Å². The van der Waals surface area contributed by atoms with Gasteiger partial charge in [0.15, 0.2) is 0 Å². The van der Waals surface area contributed by atoms with Crippen LogP contribution >= 0.6 is 0 Å². The van der Waals surface area contributed by atoms with Crippen molar-refractivity contribution in [1.29, 1.82) is 0 Å². The van der Waals surface area contributed by atoms with Gasteiger partial charge in [-0.1, -0.05) is 112 Å². The van der Waals surface area contributed by atoms with Gasteiger partial charge in [0, 0.05) is 11.1 Å². The summed E-state index contributed by atoms with van der Waals surface area (Å²) < 4.78 is 13.0. The van der Waals surface area contributed by atoms with Crippen LogP contribution in [0.25, 0.3) is 0 Å². The molecule has 0 bridgehead atoms. The van der Waals surface area contributed by atoms with E-state index in [0.717, 1.165) is 30.9 Å². The minimum Gasteiger partial charge on any atom is -0.493 e. The van der Waals surface area contributed by atoms with Crippen LogP contribution < -0.4 is 9.47 Å². The molecule has 1 aromatic rings. The van der Waals surface area contributed by atoms with Crippen LogP contribution in [-0.4, -0.2) is 12.2 Å². The molecule has 0 aromatic heterocycles. The molecule has 1 heterocycles. The highest BCUT2D eigenvalue weighted by Gasteiger charge is 2.34. The van der Waals surface area contributed by atoms with Crippen LogP contribution in [0.15, 0.2) is 12.1 Å². The third-order valence-corrected chi connectivity index (χ3v) is 7.72. The van der Waals surface area contributed by atoms with E-state index in [2.05, 4.69) is 60.6 Å². The smallest absolute Gasteiger partial charge is 0.124 e. The van der Waals surface area contributed by atoms with Crippen molar-refractivity contribution in [3.63, 3.8) is 0 Å². The summed E-state index contributed by atoms with van der Waals surface area (Å²) in [4.78, 5) is 0. The first-order valence-corrected chi connectivity index (χ1v) is 14.7. The first-order chi connectivity index (χ1) is 16.2. The van der Waals surface area contributed by atoms with Crippen molar-refractivity contribution >= 4 is 0 Å². The van der Waals surface area contributed by atoms with E-state index in [-0.39, 0.29) is 11.0 Å². The third kappa shape index (κ3) is 9.46. The number of fused-ring (bicyclic) bond motifs is 1. The van der Waals surface area contributed by atoms with E-state index in [9.17, 15) is 0 Å². The van der Waals surface area contributed by atoms with Gasteiger partial charge in [0.25, 0.3) is 0 Å². The van der Waals surface area contributed by atoms with Crippen LogP contribution in [0.1, 0.15) is 162 Å². The Kier molecular flexibility index (Phi) is 12.3. The Morgan fingerprint density at radius 1 is 0.853 bits per heavy atom. The Morgan fingerprint density at radius 2 is 1.41 bits per heavy atom. The molecule has 0 aliphatic carbocycles. The van der Waals surface area contributed by atoms with E-state index >= 15 is 0 Å². The van der Waals surface area contributed by atoms with Crippen LogP contribution in [0.3, 0.4) is 0 Å². The average Bonchev–Trinajstić information content (AvgIpc) is 2.76. The Bertz CT molecular complexity index is 703. The number of unbranched alkanes of at least 4 members (excludes halogenated alkanes) is 11. The van der Waals surface area contributed by atoms with Gasteiger partial charge in [-0.15, -0.1) is 0 Å². The molecule has 0 radical (unpaired) electrons. The Balaban J connectivity index is 1.97. The molecule has 1 aliphatic rings. The van der Waals surface area contributed by atoms with E-state index in [0.29, 0.717) is 5.92 Å². The number of ether oxygens (including phenoxy) is 2. The molecule has 2 nitrogen and oxygen atoms in total. The normalized spacial score (nSPS) is 17.3. The van der Waals surface area contributed by atoms with Gasteiger partial charge >= 0.3 is 0 Å². The molecule has 0 spiro atoms. The summed E-state index contributed by atoms with van der Waals surface area (Å²) in [7, 11) is 0. The largest absolute Gasteiger partial charge is 0.493 e. The lowest BCUT2D eigenvalue weighted by Gasteiger charge is -2.38. The Hall–Kier alpha value is -1.18. The van der Waals surface area contributed by atoms with Crippen molar-refractivity contribution in [2.45, 2.75) is 162 Å². The summed E-state index contributed by atoms with van der Waals surface area (Å²) in [6.45, 7) is 16.9. The first kappa shape index (κ1) is 29.1. The molecule has 196 valence electrons. The first-order valence-electron chi connectivity index (χ1n) is 14.7. The van der Waals surface area contributed by atoms with Crippen molar-refractivity contribution in [2.75, 3.05) is 6.61 Å². The molecule has 0 fully saturated rings. The quantitative estimate of drug-likeness (QED) is 0.210. The molecular weight excluding hydrogens is 416 g/mol. The fourth-order valence-corrected chi connectivity index (χ4v) is 5.61. The van der Waals surface area contributed by atoms with Gasteiger partial charge in [0.1, 0.15) is 17.1 Å². The second kappa shape index (κ2) is 14.4. The molecule has 0 saturated carbocycles. The molecular formula is C32H56O2. The monoisotopic (exact) mass is 472 g/mol. The van der Waals surface area contributed by atoms with E-state index in [4.69, 9.17) is 9.47 Å². The lowest BCUT2D eigenvalue weighted by atomic mass is 9.77. The fourth-order valence-electron chi connectivity index (χ4n) is 5.61.